The molecule has 0 saturated carbocycles. The van der Waals surface area contributed by atoms with Gasteiger partial charge < -0.3 is 15.0 Å². The Kier molecular flexibility index (Phi) is 6.58. The van der Waals surface area contributed by atoms with E-state index in [1.165, 1.54) is 4.90 Å². The van der Waals surface area contributed by atoms with Gasteiger partial charge in [-0.2, -0.15) is 0 Å². The first-order valence-electron chi connectivity index (χ1n) is 9.58. The number of ether oxygens (including phenoxy) is 1. The molecule has 1 aliphatic rings. The summed E-state index contributed by atoms with van der Waals surface area (Å²) in [5.74, 6) is -3.40. The van der Waals surface area contributed by atoms with Gasteiger partial charge in [-0.3, -0.25) is 24.5 Å². The van der Waals surface area contributed by atoms with Crippen LogP contribution in [0.3, 0.4) is 0 Å². The van der Waals surface area contributed by atoms with Crippen molar-refractivity contribution in [3.05, 3.63) is 64.0 Å². The van der Waals surface area contributed by atoms with Gasteiger partial charge in [-0.05, 0) is 24.1 Å². The Morgan fingerprint density at radius 1 is 1.29 bits per heavy atom. The van der Waals surface area contributed by atoms with Gasteiger partial charge in [0.05, 0.1) is 16.5 Å². The lowest BCUT2D eigenvalue weighted by atomic mass is 10.1. The number of nitro benzene ring substituents is 1. The fourth-order valence-corrected chi connectivity index (χ4v) is 3.33. The summed E-state index contributed by atoms with van der Waals surface area (Å²) in [7, 11) is 0. The third-order valence-corrected chi connectivity index (χ3v) is 4.90. The maximum Gasteiger partial charge on any atom is 0.311 e. The molecule has 0 aliphatic carbocycles. The van der Waals surface area contributed by atoms with Gasteiger partial charge in [-0.15, -0.1) is 0 Å². The van der Waals surface area contributed by atoms with Crippen LogP contribution in [0.2, 0.25) is 0 Å². The second-order valence-corrected chi connectivity index (χ2v) is 6.96. The van der Waals surface area contributed by atoms with Crippen molar-refractivity contribution in [1.82, 2.24) is 0 Å². The summed E-state index contributed by atoms with van der Waals surface area (Å²) < 4.78 is 18.7. The average molecular weight is 429 g/mol. The number of carbonyl (C=O) groups is 3. The van der Waals surface area contributed by atoms with E-state index < -0.39 is 46.5 Å². The molecular formula is C21H20FN3O6. The standard InChI is InChI=1S/C21H20FN3O6/c1-2-13-5-3-4-6-18(13)24-11-14(9-20(24)27)21(28)31-12-19(26)23-17-10-15(25(29)30)7-8-16(17)22/h3-8,10,14H,2,9,11-12H2,1H3,(H,23,26). The summed E-state index contributed by atoms with van der Waals surface area (Å²) in [5.41, 5.74) is 0.923. The summed E-state index contributed by atoms with van der Waals surface area (Å²) in [6, 6.07) is 10.1. The molecule has 162 valence electrons. The first kappa shape index (κ1) is 21.9. The number of hydrogen-bond acceptors (Lipinski definition) is 6. The molecule has 1 atom stereocenters. The predicted molar refractivity (Wildman–Crippen MR) is 109 cm³/mol. The Morgan fingerprint density at radius 3 is 2.74 bits per heavy atom. The lowest BCUT2D eigenvalue weighted by Crippen LogP contribution is -2.28. The molecule has 0 aromatic heterocycles. The number of hydrogen-bond donors (Lipinski definition) is 1. The van der Waals surface area contributed by atoms with Crippen molar-refractivity contribution in [2.45, 2.75) is 19.8 Å². The molecule has 10 heteroatoms. The lowest BCUT2D eigenvalue weighted by Gasteiger charge is -2.19. The van der Waals surface area contributed by atoms with Crippen LogP contribution >= 0.6 is 0 Å². The van der Waals surface area contributed by atoms with E-state index in [2.05, 4.69) is 5.32 Å². The van der Waals surface area contributed by atoms with E-state index in [1.807, 2.05) is 31.2 Å². The van der Waals surface area contributed by atoms with E-state index in [0.717, 1.165) is 35.9 Å². The van der Waals surface area contributed by atoms with Gasteiger partial charge in [-0.25, -0.2) is 4.39 Å². The number of carbonyl (C=O) groups excluding carboxylic acids is 3. The van der Waals surface area contributed by atoms with Crippen molar-refractivity contribution in [2.75, 3.05) is 23.4 Å². The number of aryl methyl sites for hydroxylation is 1. The smallest absolute Gasteiger partial charge is 0.311 e. The average Bonchev–Trinajstić information content (AvgIpc) is 3.14. The number of para-hydroxylation sites is 1. The van der Waals surface area contributed by atoms with Gasteiger partial charge >= 0.3 is 5.97 Å². The minimum atomic E-state index is -0.864. The Hall–Kier alpha value is -3.82. The van der Waals surface area contributed by atoms with Crippen LogP contribution in [0.1, 0.15) is 18.9 Å². The van der Waals surface area contributed by atoms with Gasteiger partial charge in [-0.1, -0.05) is 25.1 Å². The van der Waals surface area contributed by atoms with Crippen molar-refractivity contribution in [3.63, 3.8) is 0 Å². The molecule has 1 saturated heterocycles. The van der Waals surface area contributed by atoms with Crippen molar-refractivity contribution in [2.24, 2.45) is 5.92 Å². The number of nitro groups is 1. The largest absolute Gasteiger partial charge is 0.455 e. The topological polar surface area (TPSA) is 119 Å². The van der Waals surface area contributed by atoms with Gasteiger partial charge in [0.25, 0.3) is 11.6 Å². The maximum absolute atomic E-state index is 13.8. The number of nitrogens with one attached hydrogen (secondary N) is 1. The van der Waals surface area contributed by atoms with Crippen molar-refractivity contribution >= 4 is 34.8 Å². The minimum Gasteiger partial charge on any atom is -0.455 e. The highest BCUT2D eigenvalue weighted by Gasteiger charge is 2.37. The number of non-ortho nitro benzene ring substituents is 1. The number of benzene rings is 2. The van der Waals surface area contributed by atoms with Crippen LogP contribution < -0.4 is 10.2 Å². The molecule has 1 fully saturated rings. The maximum atomic E-state index is 13.8. The van der Waals surface area contributed by atoms with E-state index >= 15 is 0 Å². The summed E-state index contributed by atoms with van der Waals surface area (Å²) >= 11 is 0. The number of amides is 2. The van der Waals surface area contributed by atoms with Gasteiger partial charge in [0.1, 0.15) is 5.82 Å². The van der Waals surface area contributed by atoms with E-state index in [4.69, 9.17) is 4.74 Å². The van der Waals surface area contributed by atoms with Gasteiger partial charge in [0, 0.05) is 30.8 Å². The zero-order chi connectivity index (χ0) is 22.5. The number of anilines is 2. The van der Waals surface area contributed by atoms with E-state index in [1.54, 1.807) is 0 Å². The van der Waals surface area contributed by atoms with Crippen molar-refractivity contribution < 1.29 is 28.4 Å². The third kappa shape index (κ3) is 5.03. The van der Waals surface area contributed by atoms with Crippen molar-refractivity contribution in [1.29, 1.82) is 0 Å². The van der Waals surface area contributed by atoms with Crippen LogP contribution in [0, 0.1) is 21.8 Å². The number of esters is 1. The monoisotopic (exact) mass is 429 g/mol. The second-order valence-electron chi connectivity index (χ2n) is 6.96. The highest BCUT2D eigenvalue weighted by atomic mass is 19.1. The third-order valence-electron chi connectivity index (χ3n) is 4.90. The fraction of sp³-hybridized carbons (Fsp3) is 0.286. The normalized spacial score (nSPS) is 15.6. The molecule has 0 spiro atoms. The van der Waals surface area contributed by atoms with E-state index in [-0.39, 0.29) is 18.9 Å². The Balaban J connectivity index is 1.58. The molecule has 0 radical (unpaired) electrons. The summed E-state index contributed by atoms with van der Waals surface area (Å²) in [6.45, 7) is 1.39. The van der Waals surface area contributed by atoms with Crippen LogP contribution in [0.5, 0.6) is 0 Å². The first-order valence-corrected chi connectivity index (χ1v) is 9.58. The molecule has 3 rings (SSSR count). The SMILES string of the molecule is CCc1ccccc1N1CC(C(=O)OCC(=O)Nc2cc([N+](=O)[O-])ccc2F)CC1=O. The number of nitrogens with zero attached hydrogens (tertiary/aromatic N) is 2. The van der Waals surface area contributed by atoms with Crippen LogP contribution in [0.25, 0.3) is 0 Å². The van der Waals surface area contributed by atoms with Gasteiger partial charge in [0.15, 0.2) is 6.61 Å². The molecular weight excluding hydrogens is 409 g/mol. The molecule has 9 nitrogen and oxygen atoms in total. The second kappa shape index (κ2) is 9.33. The molecule has 1 N–H and O–H groups in total. The highest BCUT2D eigenvalue weighted by Crippen LogP contribution is 2.29. The zero-order valence-corrected chi connectivity index (χ0v) is 16.7. The predicted octanol–water partition coefficient (Wildman–Crippen LogP) is 2.83. The molecule has 31 heavy (non-hydrogen) atoms. The van der Waals surface area contributed by atoms with Crippen LogP contribution in [-0.4, -0.2) is 35.9 Å². The lowest BCUT2D eigenvalue weighted by molar-refractivity contribution is -0.384. The minimum absolute atomic E-state index is 0.0436. The fourth-order valence-electron chi connectivity index (χ4n) is 3.33. The molecule has 1 heterocycles. The highest BCUT2D eigenvalue weighted by molar-refractivity contribution is 6.00. The quantitative estimate of drug-likeness (QED) is 0.411. The molecule has 0 bridgehead atoms. The summed E-state index contributed by atoms with van der Waals surface area (Å²) in [6.07, 6.45) is 0.682. The van der Waals surface area contributed by atoms with Crippen LogP contribution in [0.15, 0.2) is 42.5 Å². The Bertz CT molecular complexity index is 1040. The van der Waals surface area contributed by atoms with Crippen LogP contribution in [-0.2, 0) is 25.5 Å². The molecule has 2 aromatic carbocycles. The van der Waals surface area contributed by atoms with Gasteiger partial charge in [0.2, 0.25) is 5.91 Å². The first-order chi connectivity index (χ1) is 14.8. The Morgan fingerprint density at radius 2 is 2.03 bits per heavy atom. The summed E-state index contributed by atoms with van der Waals surface area (Å²) in [4.78, 5) is 48.3. The molecule has 1 unspecified atom stereocenters. The molecule has 1 aliphatic heterocycles. The molecule has 2 amide bonds. The number of rotatable bonds is 7. The van der Waals surface area contributed by atoms with E-state index in [9.17, 15) is 28.9 Å². The van der Waals surface area contributed by atoms with Crippen molar-refractivity contribution in [3.8, 4) is 0 Å². The summed E-state index contributed by atoms with van der Waals surface area (Å²) in [5, 5.41) is 12.9. The number of halogens is 1. The van der Waals surface area contributed by atoms with Crippen LogP contribution in [0.4, 0.5) is 21.5 Å². The van der Waals surface area contributed by atoms with E-state index in [0.29, 0.717) is 0 Å². The Labute approximate surface area is 176 Å². The molecule has 2 aromatic rings. The zero-order valence-electron chi connectivity index (χ0n) is 16.7.